The fraction of sp³-hybridized carbons (Fsp3) is 0.571. The maximum atomic E-state index is 11.2. The quantitative estimate of drug-likeness (QED) is 0.777. The van der Waals surface area contributed by atoms with Crippen molar-refractivity contribution in [3.8, 4) is 0 Å². The minimum Gasteiger partial charge on any atom is -0.478 e. The Morgan fingerprint density at radius 1 is 1.58 bits per heavy atom. The van der Waals surface area contributed by atoms with Crippen LogP contribution in [0.15, 0.2) is 12.3 Å². The van der Waals surface area contributed by atoms with Gasteiger partial charge in [0.15, 0.2) is 0 Å². The molecule has 1 aromatic rings. The number of carbonyl (C=O) groups is 1. The van der Waals surface area contributed by atoms with E-state index in [4.69, 9.17) is 5.73 Å². The third-order valence-corrected chi connectivity index (χ3v) is 3.88. The first-order valence-corrected chi connectivity index (χ1v) is 6.85. The molecule has 2 atom stereocenters. The molecule has 5 nitrogen and oxygen atoms in total. The maximum Gasteiger partial charge on any atom is 0.337 e. The molecule has 19 heavy (non-hydrogen) atoms. The molecule has 1 aliphatic rings. The molecule has 0 spiro atoms. The summed E-state index contributed by atoms with van der Waals surface area (Å²) in [7, 11) is 0. The molecular formula is C14H21N3O2. The van der Waals surface area contributed by atoms with Crippen molar-refractivity contribution in [2.75, 3.05) is 11.1 Å². The van der Waals surface area contributed by atoms with Crippen LogP contribution in [0.3, 0.4) is 0 Å². The molecule has 0 aliphatic heterocycles. The summed E-state index contributed by atoms with van der Waals surface area (Å²) in [5, 5.41) is 12.5. The first-order valence-electron chi connectivity index (χ1n) is 6.85. The minimum atomic E-state index is -0.973. The highest BCUT2D eigenvalue weighted by Gasteiger charge is 2.22. The zero-order chi connectivity index (χ0) is 13.8. The number of nitrogens with zero attached hydrogens (tertiary/aromatic N) is 1. The molecule has 1 saturated carbocycles. The summed E-state index contributed by atoms with van der Waals surface area (Å²) in [5.74, 6) is -0.00116. The van der Waals surface area contributed by atoms with Crippen LogP contribution >= 0.6 is 0 Å². The molecule has 5 heteroatoms. The summed E-state index contributed by atoms with van der Waals surface area (Å²) >= 11 is 0. The van der Waals surface area contributed by atoms with Crippen LogP contribution in [0.2, 0.25) is 0 Å². The molecule has 0 radical (unpaired) electrons. The molecule has 1 heterocycles. The Hall–Kier alpha value is -1.78. The van der Waals surface area contributed by atoms with Crippen molar-refractivity contribution in [3.05, 3.63) is 17.8 Å². The fourth-order valence-electron chi connectivity index (χ4n) is 2.78. The monoisotopic (exact) mass is 263 g/mol. The summed E-state index contributed by atoms with van der Waals surface area (Å²) < 4.78 is 0. The van der Waals surface area contributed by atoms with Gasteiger partial charge in [0, 0.05) is 6.04 Å². The van der Waals surface area contributed by atoms with Gasteiger partial charge in [0.25, 0.3) is 0 Å². The first kappa shape index (κ1) is 13.6. The molecule has 2 rings (SSSR count). The number of anilines is 2. The number of hydrogen-bond acceptors (Lipinski definition) is 4. The molecule has 1 aromatic heterocycles. The molecule has 1 fully saturated rings. The predicted molar refractivity (Wildman–Crippen MR) is 75.3 cm³/mol. The lowest BCUT2D eigenvalue weighted by molar-refractivity contribution is 0.0698. The number of nitrogen functional groups attached to an aromatic ring is 1. The van der Waals surface area contributed by atoms with Crippen molar-refractivity contribution >= 4 is 17.5 Å². The van der Waals surface area contributed by atoms with Crippen LogP contribution in [0.5, 0.6) is 0 Å². The Morgan fingerprint density at radius 3 is 3.05 bits per heavy atom. The summed E-state index contributed by atoms with van der Waals surface area (Å²) in [5.41, 5.74) is 6.31. The van der Waals surface area contributed by atoms with Crippen LogP contribution in [0.25, 0.3) is 0 Å². The number of rotatable bonds is 4. The lowest BCUT2D eigenvalue weighted by atomic mass is 9.84. The molecule has 104 valence electrons. The zero-order valence-corrected chi connectivity index (χ0v) is 11.2. The number of nitrogens with one attached hydrogen (secondary N) is 1. The lowest BCUT2D eigenvalue weighted by Crippen LogP contribution is -2.28. The molecule has 0 aromatic carbocycles. The van der Waals surface area contributed by atoms with Gasteiger partial charge in [-0.25, -0.2) is 9.78 Å². The number of carboxylic acids is 1. The second-order valence-electron chi connectivity index (χ2n) is 5.24. The Kier molecular flexibility index (Phi) is 4.24. The van der Waals surface area contributed by atoms with E-state index in [0.717, 1.165) is 18.8 Å². The van der Waals surface area contributed by atoms with Crippen LogP contribution in [0.4, 0.5) is 11.5 Å². The van der Waals surface area contributed by atoms with Crippen LogP contribution < -0.4 is 11.1 Å². The van der Waals surface area contributed by atoms with Crippen LogP contribution in [-0.2, 0) is 0 Å². The van der Waals surface area contributed by atoms with Gasteiger partial charge in [-0.2, -0.15) is 0 Å². The Labute approximate surface area is 113 Å². The van der Waals surface area contributed by atoms with Crippen LogP contribution in [-0.4, -0.2) is 22.1 Å². The van der Waals surface area contributed by atoms with Crippen molar-refractivity contribution < 1.29 is 9.90 Å². The van der Waals surface area contributed by atoms with Crippen molar-refractivity contribution in [1.82, 2.24) is 4.98 Å². The number of aromatic nitrogens is 1. The number of aromatic carboxylic acids is 1. The summed E-state index contributed by atoms with van der Waals surface area (Å²) in [6.07, 6.45) is 7.36. The fourth-order valence-corrected chi connectivity index (χ4v) is 2.78. The van der Waals surface area contributed by atoms with E-state index in [0.29, 0.717) is 11.7 Å². The molecule has 0 bridgehead atoms. The average molecular weight is 263 g/mol. The van der Waals surface area contributed by atoms with Gasteiger partial charge in [0.1, 0.15) is 5.82 Å². The van der Waals surface area contributed by atoms with Crippen molar-refractivity contribution in [2.45, 2.75) is 45.1 Å². The van der Waals surface area contributed by atoms with Crippen molar-refractivity contribution in [2.24, 2.45) is 5.92 Å². The Balaban J connectivity index is 2.12. The van der Waals surface area contributed by atoms with Crippen molar-refractivity contribution in [3.63, 3.8) is 0 Å². The standard InChI is InChI=1S/C14H21N3O2/c1-2-9-4-3-5-10(6-9)17-12-8-16-13(15)7-11(12)14(18)19/h7-10,17H,2-6H2,1H3,(H2,15,16)(H,18,19). The lowest BCUT2D eigenvalue weighted by Gasteiger charge is -2.30. The maximum absolute atomic E-state index is 11.2. The van der Waals surface area contributed by atoms with E-state index in [9.17, 15) is 9.90 Å². The second-order valence-corrected chi connectivity index (χ2v) is 5.24. The second kappa shape index (κ2) is 5.91. The number of pyridine rings is 1. The van der Waals surface area contributed by atoms with E-state index in [1.54, 1.807) is 0 Å². The van der Waals surface area contributed by atoms with Crippen LogP contribution in [0.1, 0.15) is 49.4 Å². The van der Waals surface area contributed by atoms with Crippen LogP contribution in [0, 0.1) is 5.92 Å². The van der Waals surface area contributed by atoms with Gasteiger partial charge in [-0.05, 0) is 24.8 Å². The zero-order valence-electron chi connectivity index (χ0n) is 11.2. The summed E-state index contributed by atoms with van der Waals surface area (Å²) in [4.78, 5) is 15.2. The highest BCUT2D eigenvalue weighted by atomic mass is 16.4. The Bertz CT molecular complexity index is 462. The first-order chi connectivity index (χ1) is 9.10. The number of carboxylic acid groups (broad SMARTS) is 1. The largest absolute Gasteiger partial charge is 0.478 e. The van der Waals surface area contributed by atoms with E-state index in [2.05, 4.69) is 17.2 Å². The van der Waals surface area contributed by atoms with E-state index in [1.807, 2.05) is 0 Å². The highest BCUT2D eigenvalue weighted by molar-refractivity contribution is 5.94. The molecule has 2 unspecified atom stereocenters. The number of nitrogens with two attached hydrogens (primary N) is 1. The molecule has 0 saturated heterocycles. The van der Waals surface area contributed by atoms with E-state index in [1.165, 1.54) is 31.5 Å². The highest BCUT2D eigenvalue weighted by Crippen LogP contribution is 2.29. The Morgan fingerprint density at radius 2 is 2.37 bits per heavy atom. The smallest absolute Gasteiger partial charge is 0.337 e. The summed E-state index contributed by atoms with van der Waals surface area (Å²) in [6.45, 7) is 2.21. The third-order valence-electron chi connectivity index (χ3n) is 3.88. The van der Waals surface area contributed by atoms with Gasteiger partial charge in [-0.3, -0.25) is 0 Å². The molecule has 1 aliphatic carbocycles. The average Bonchev–Trinajstić information content (AvgIpc) is 2.41. The molecular weight excluding hydrogens is 242 g/mol. The SMILES string of the molecule is CCC1CCCC(Nc2cnc(N)cc2C(=O)O)C1. The van der Waals surface area contributed by atoms with Gasteiger partial charge in [-0.15, -0.1) is 0 Å². The summed E-state index contributed by atoms with van der Waals surface area (Å²) in [6, 6.07) is 1.74. The van der Waals surface area contributed by atoms with Crippen molar-refractivity contribution in [1.29, 1.82) is 0 Å². The van der Waals surface area contributed by atoms with E-state index in [-0.39, 0.29) is 11.4 Å². The topological polar surface area (TPSA) is 88.2 Å². The normalized spacial score (nSPS) is 23.0. The number of hydrogen-bond donors (Lipinski definition) is 3. The molecule has 0 amide bonds. The van der Waals surface area contributed by atoms with E-state index >= 15 is 0 Å². The van der Waals surface area contributed by atoms with Gasteiger partial charge in [0.2, 0.25) is 0 Å². The van der Waals surface area contributed by atoms with E-state index < -0.39 is 5.97 Å². The van der Waals surface area contributed by atoms with Gasteiger partial charge in [0.05, 0.1) is 17.4 Å². The van der Waals surface area contributed by atoms with Gasteiger partial charge >= 0.3 is 5.97 Å². The van der Waals surface area contributed by atoms with Gasteiger partial charge in [-0.1, -0.05) is 26.2 Å². The molecule has 4 N–H and O–H groups in total. The third kappa shape index (κ3) is 3.36. The van der Waals surface area contributed by atoms with Gasteiger partial charge < -0.3 is 16.2 Å². The predicted octanol–water partition coefficient (Wildman–Crippen LogP) is 2.74. The minimum absolute atomic E-state index is 0.200.